The van der Waals surface area contributed by atoms with Crippen LogP contribution in [0, 0.1) is 5.41 Å². The lowest BCUT2D eigenvalue weighted by Crippen LogP contribution is -2.41. The summed E-state index contributed by atoms with van der Waals surface area (Å²) >= 11 is 1.78. The Morgan fingerprint density at radius 3 is 2.43 bits per heavy atom. The standard InChI is InChI=1S/C27H41NO4S.2H2O.H2/c1-19-7-8-20-9-10-22(20)23(26(2,3)18-32-16-15-30-6)17-24(19)28-25(29)27(4,5)33-21-11-13-31-14-12-21;;;/h9-10,17,21H,7-8,11-16,18H2,1-6H3,(H,28,29);2*1H2;1H/b23-17+,24-19?;;;. The van der Waals surface area contributed by atoms with Crippen LogP contribution in [0.1, 0.15) is 61.7 Å². The van der Waals surface area contributed by atoms with Gasteiger partial charge in [0.25, 0.3) is 0 Å². The second-order valence-electron chi connectivity index (χ2n) is 10.3. The molecule has 0 aromatic rings. The molecule has 1 fully saturated rings. The quantitative estimate of drug-likeness (QED) is 0.444. The largest absolute Gasteiger partial charge is 0.412 e. The fraction of sp³-hybridized carbons (Fsp3) is 0.667. The highest BCUT2D eigenvalue weighted by Gasteiger charge is 2.35. The molecule has 0 spiro atoms. The molecular formula is C27H47NO6S. The van der Waals surface area contributed by atoms with Crippen molar-refractivity contribution in [1.82, 2.24) is 5.32 Å². The minimum atomic E-state index is -0.509. The number of carbonyl (C=O) groups excluding carboxylic acids is 1. The van der Waals surface area contributed by atoms with Crippen molar-refractivity contribution in [1.29, 1.82) is 0 Å². The van der Waals surface area contributed by atoms with Crippen molar-refractivity contribution in [3.8, 4) is 0 Å². The zero-order chi connectivity index (χ0) is 24.1. The fourth-order valence-electron chi connectivity index (χ4n) is 4.35. The number of ether oxygens (including phenoxy) is 3. The van der Waals surface area contributed by atoms with Gasteiger partial charge in [-0.25, -0.2) is 0 Å². The van der Waals surface area contributed by atoms with Crippen LogP contribution in [0.25, 0.3) is 0 Å². The summed E-state index contributed by atoms with van der Waals surface area (Å²) in [5, 5.41) is 3.78. The van der Waals surface area contributed by atoms with Gasteiger partial charge in [0.05, 0.1) is 24.6 Å². The molecule has 5 N–H and O–H groups in total. The molecule has 0 radical (unpaired) electrons. The summed E-state index contributed by atoms with van der Waals surface area (Å²) in [6, 6.07) is 0. The highest BCUT2D eigenvalue weighted by molar-refractivity contribution is 8.01. The topological polar surface area (TPSA) is 120 Å². The zero-order valence-corrected chi connectivity index (χ0v) is 23.0. The summed E-state index contributed by atoms with van der Waals surface area (Å²) in [4.78, 5) is 13.4. The van der Waals surface area contributed by atoms with Gasteiger partial charge in [-0.2, -0.15) is 0 Å². The van der Waals surface area contributed by atoms with Gasteiger partial charge in [0.1, 0.15) is 0 Å². The first-order chi connectivity index (χ1) is 15.6. The molecule has 1 heterocycles. The Labute approximate surface area is 216 Å². The molecule has 0 atom stereocenters. The predicted octanol–water partition coefficient (Wildman–Crippen LogP) is 3.94. The van der Waals surface area contributed by atoms with Crippen molar-refractivity contribution in [2.75, 3.05) is 40.1 Å². The molecule has 35 heavy (non-hydrogen) atoms. The number of nitrogens with one attached hydrogen (secondary N) is 1. The summed E-state index contributed by atoms with van der Waals surface area (Å²) in [7, 11) is 1.69. The number of rotatable bonds is 10. The molecule has 1 saturated heterocycles. The van der Waals surface area contributed by atoms with E-state index in [1.807, 2.05) is 13.8 Å². The highest BCUT2D eigenvalue weighted by atomic mass is 32.2. The number of fused-ring (bicyclic) bond motifs is 1. The van der Waals surface area contributed by atoms with Crippen LogP contribution in [-0.4, -0.2) is 67.0 Å². The van der Waals surface area contributed by atoms with Gasteiger partial charge in [-0.05, 0) is 74.8 Å². The Kier molecular flexibility index (Phi) is 12.4. The number of hydrogen-bond donors (Lipinski definition) is 1. The Hall–Kier alpha value is -1.42. The Morgan fingerprint density at radius 1 is 1.14 bits per heavy atom. The van der Waals surface area contributed by atoms with Crippen LogP contribution in [0.3, 0.4) is 0 Å². The monoisotopic (exact) mass is 513 g/mol. The number of allylic oxidation sites excluding steroid dienone is 6. The SMILES string of the molecule is COCCOCC(C)(C)/C1=C/C(NC(=O)C(C)(C)SC2CCOCC2)=C(C)CCC2=CC=C21.O.O.[HH]. The Morgan fingerprint density at radius 2 is 1.83 bits per heavy atom. The normalized spacial score (nSPS) is 20.5. The van der Waals surface area contributed by atoms with E-state index in [4.69, 9.17) is 14.2 Å². The minimum absolute atomic E-state index is 0. The first-order valence-electron chi connectivity index (χ1n) is 12.1. The molecule has 0 unspecified atom stereocenters. The highest BCUT2D eigenvalue weighted by Crippen LogP contribution is 2.43. The Balaban J connectivity index is 0.00000408. The van der Waals surface area contributed by atoms with Crippen molar-refractivity contribution in [3.63, 3.8) is 0 Å². The van der Waals surface area contributed by atoms with Gasteiger partial charge in [-0.3, -0.25) is 4.79 Å². The molecule has 1 aliphatic heterocycles. The molecule has 0 saturated carbocycles. The lowest BCUT2D eigenvalue weighted by molar-refractivity contribution is -0.121. The summed E-state index contributed by atoms with van der Waals surface area (Å²) in [5.74, 6) is 0.0667. The van der Waals surface area contributed by atoms with Crippen LogP contribution in [0.4, 0.5) is 0 Å². The van der Waals surface area contributed by atoms with Gasteiger partial charge in [0.2, 0.25) is 5.91 Å². The van der Waals surface area contributed by atoms with E-state index < -0.39 is 4.75 Å². The van der Waals surface area contributed by atoms with Crippen LogP contribution < -0.4 is 5.32 Å². The van der Waals surface area contributed by atoms with Crippen molar-refractivity contribution in [3.05, 3.63) is 46.2 Å². The number of thioether (sulfide) groups is 1. The summed E-state index contributed by atoms with van der Waals surface area (Å²) < 4.78 is 16.0. The molecule has 0 aromatic heterocycles. The van der Waals surface area contributed by atoms with E-state index in [2.05, 4.69) is 44.3 Å². The number of amides is 1. The summed E-state index contributed by atoms with van der Waals surface area (Å²) in [6.45, 7) is 14.0. The maximum absolute atomic E-state index is 13.4. The molecule has 0 bridgehead atoms. The molecule has 1 amide bonds. The Bertz CT molecular complexity index is 856. The minimum Gasteiger partial charge on any atom is -0.412 e. The molecule has 7 nitrogen and oxygen atoms in total. The lowest BCUT2D eigenvalue weighted by Gasteiger charge is -2.35. The lowest BCUT2D eigenvalue weighted by atomic mass is 9.72. The van der Waals surface area contributed by atoms with Gasteiger partial charge < -0.3 is 30.5 Å². The van der Waals surface area contributed by atoms with Gasteiger partial charge in [0, 0.05) is 38.1 Å². The molecule has 202 valence electrons. The molecule has 3 aliphatic rings. The van der Waals surface area contributed by atoms with E-state index >= 15 is 0 Å². The smallest absolute Gasteiger partial charge is 0.240 e. The maximum Gasteiger partial charge on any atom is 0.240 e. The van der Waals surface area contributed by atoms with Crippen molar-refractivity contribution in [2.45, 2.75) is 70.3 Å². The number of hydrogen-bond acceptors (Lipinski definition) is 5. The summed E-state index contributed by atoms with van der Waals surface area (Å²) in [6.07, 6.45) is 10.6. The third kappa shape index (κ3) is 8.30. The van der Waals surface area contributed by atoms with E-state index in [0.717, 1.165) is 44.6 Å². The number of methoxy groups -OCH3 is 1. The van der Waals surface area contributed by atoms with Crippen LogP contribution in [0.2, 0.25) is 0 Å². The second kappa shape index (κ2) is 13.8. The third-order valence-corrected chi connectivity index (χ3v) is 8.23. The average Bonchev–Trinajstić information content (AvgIpc) is 2.74. The van der Waals surface area contributed by atoms with E-state index in [1.165, 1.54) is 22.3 Å². The first kappa shape index (κ1) is 31.6. The van der Waals surface area contributed by atoms with Crippen LogP contribution in [0.15, 0.2) is 46.2 Å². The maximum atomic E-state index is 13.4. The van der Waals surface area contributed by atoms with Crippen LogP contribution in [0.5, 0.6) is 0 Å². The molecule has 8 heteroatoms. The van der Waals surface area contributed by atoms with E-state index in [-0.39, 0.29) is 23.7 Å². The van der Waals surface area contributed by atoms with Gasteiger partial charge in [-0.1, -0.05) is 26.0 Å². The first-order valence-corrected chi connectivity index (χ1v) is 13.0. The van der Waals surface area contributed by atoms with Crippen molar-refractivity contribution in [2.24, 2.45) is 5.41 Å². The molecular weight excluding hydrogens is 466 g/mol. The van der Waals surface area contributed by atoms with Gasteiger partial charge in [-0.15, -0.1) is 11.8 Å². The van der Waals surface area contributed by atoms with Crippen LogP contribution >= 0.6 is 11.8 Å². The zero-order valence-electron chi connectivity index (χ0n) is 22.2. The van der Waals surface area contributed by atoms with Gasteiger partial charge in [0.15, 0.2) is 0 Å². The summed E-state index contributed by atoms with van der Waals surface area (Å²) in [5.41, 5.74) is 5.88. The van der Waals surface area contributed by atoms with Crippen molar-refractivity contribution < 1.29 is 31.4 Å². The predicted molar refractivity (Wildman–Crippen MR) is 146 cm³/mol. The van der Waals surface area contributed by atoms with E-state index in [1.54, 1.807) is 18.9 Å². The van der Waals surface area contributed by atoms with E-state index in [9.17, 15) is 4.79 Å². The second-order valence-corrected chi connectivity index (χ2v) is 12.3. The van der Waals surface area contributed by atoms with E-state index in [0.29, 0.717) is 25.1 Å². The average molecular weight is 514 g/mol. The molecule has 3 rings (SSSR count). The number of carbonyl (C=O) groups is 1. The molecule has 2 aliphatic carbocycles. The third-order valence-electron chi connectivity index (χ3n) is 6.65. The fourth-order valence-corrected chi connectivity index (χ4v) is 5.77. The van der Waals surface area contributed by atoms with Gasteiger partial charge >= 0.3 is 0 Å². The molecule has 0 aromatic carbocycles. The van der Waals surface area contributed by atoms with Crippen LogP contribution in [-0.2, 0) is 19.0 Å². The van der Waals surface area contributed by atoms with Crippen molar-refractivity contribution >= 4 is 17.7 Å².